The fraction of sp³-hybridized carbons (Fsp3) is 0.176. The van der Waals surface area contributed by atoms with Crippen LogP contribution in [0.25, 0.3) is 0 Å². The second-order valence-corrected chi connectivity index (χ2v) is 5.47. The topological polar surface area (TPSA) is 62.5 Å². The molecule has 2 heterocycles. The SMILES string of the molecule is CN1CC(C(=O)c2cccn2Cc2ccc(F)cc2)=C(O)C1=O. The Morgan fingerprint density at radius 3 is 2.57 bits per heavy atom. The highest BCUT2D eigenvalue weighted by Crippen LogP contribution is 2.21. The molecule has 1 aromatic heterocycles. The molecule has 1 aliphatic rings. The van der Waals surface area contributed by atoms with Gasteiger partial charge in [-0.2, -0.15) is 0 Å². The number of amides is 1. The molecule has 2 aromatic rings. The molecule has 0 saturated carbocycles. The first-order chi connectivity index (χ1) is 11.0. The van der Waals surface area contributed by atoms with Gasteiger partial charge in [0.05, 0.1) is 17.8 Å². The van der Waals surface area contributed by atoms with Crippen LogP contribution in [0, 0.1) is 5.82 Å². The molecule has 1 aliphatic heterocycles. The molecule has 0 radical (unpaired) electrons. The van der Waals surface area contributed by atoms with Gasteiger partial charge in [0.15, 0.2) is 5.76 Å². The number of carbonyl (C=O) groups excluding carboxylic acids is 2. The second-order valence-electron chi connectivity index (χ2n) is 5.47. The Labute approximate surface area is 132 Å². The van der Waals surface area contributed by atoms with E-state index in [4.69, 9.17) is 0 Å². The molecule has 1 aromatic carbocycles. The number of Topliss-reactive ketones (excluding diaryl/α,β-unsaturated/α-hetero) is 1. The van der Waals surface area contributed by atoms with Gasteiger partial charge < -0.3 is 14.6 Å². The maximum absolute atomic E-state index is 13.0. The highest BCUT2D eigenvalue weighted by Gasteiger charge is 2.32. The van der Waals surface area contributed by atoms with Gasteiger partial charge in [-0.3, -0.25) is 9.59 Å². The van der Waals surface area contributed by atoms with Crippen molar-refractivity contribution in [2.75, 3.05) is 13.6 Å². The van der Waals surface area contributed by atoms with Crippen molar-refractivity contribution >= 4 is 11.7 Å². The summed E-state index contributed by atoms with van der Waals surface area (Å²) in [7, 11) is 1.52. The highest BCUT2D eigenvalue weighted by molar-refractivity contribution is 6.14. The highest BCUT2D eigenvalue weighted by atomic mass is 19.1. The molecule has 5 nitrogen and oxygen atoms in total. The zero-order chi connectivity index (χ0) is 16.6. The van der Waals surface area contributed by atoms with Crippen molar-refractivity contribution in [3.8, 4) is 0 Å². The molecule has 0 unspecified atom stereocenters. The van der Waals surface area contributed by atoms with Crippen molar-refractivity contribution in [3.05, 3.63) is 71.0 Å². The summed E-state index contributed by atoms with van der Waals surface area (Å²) in [4.78, 5) is 25.5. The normalized spacial score (nSPS) is 14.7. The molecule has 0 saturated heterocycles. The monoisotopic (exact) mass is 314 g/mol. The number of halogens is 1. The van der Waals surface area contributed by atoms with E-state index in [0.29, 0.717) is 12.2 Å². The van der Waals surface area contributed by atoms with Crippen LogP contribution < -0.4 is 0 Å². The predicted molar refractivity (Wildman–Crippen MR) is 81.6 cm³/mol. The Bertz CT molecular complexity index is 806. The summed E-state index contributed by atoms with van der Waals surface area (Å²) in [6.07, 6.45) is 1.73. The number of rotatable bonds is 4. The van der Waals surface area contributed by atoms with E-state index in [2.05, 4.69) is 0 Å². The summed E-state index contributed by atoms with van der Waals surface area (Å²) in [6, 6.07) is 9.36. The van der Waals surface area contributed by atoms with Crippen molar-refractivity contribution in [2.24, 2.45) is 0 Å². The molecule has 23 heavy (non-hydrogen) atoms. The number of carbonyl (C=O) groups is 2. The number of aromatic nitrogens is 1. The van der Waals surface area contributed by atoms with Crippen LogP contribution in [0.4, 0.5) is 4.39 Å². The van der Waals surface area contributed by atoms with Gasteiger partial charge in [0.1, 0.15) is 5.82 Å². The van der Waals surface area contributed by atoms with E-state index >= 15 is 0 Å². The van der Waals surface area contributed by atoms with Crippen LogP contribution in [-0.2, 0) is 11.3 Å². The molecule has 0 aliphatic carbocycles. The maximum Gasteiger partial charge on any atom is 0.289 e. The van der Waals surface area contributed by atoms with Gasteiger partial charge in [0.25, 0.3) is 5.91 Å². The molecule has 0 spiro atoms. The molecule has 0 fully saturated rings. The Morgan fingerprint density at radius 2 is 1.96 bits per heavy atom. The molecule has 0 atom stereocenters. The molecule has 6 heteroatoms. The minimum absolute atomic E-state index is 0.0885. The van der Waals surface area contributed by atoms with Crippen LogP contribution in [0.15, 0.2) is 53.9 Å². The van der Waals surface area contributed by atoms with Gasteiger partial charge >= 0.3 is 0 Å². The molecule has 1 amide bonds. The number of ketones is 1. The number of hydrogen-bond acceptors (Lipinski definition) is 3. The Morgan fingerprint density at radius 1 is 1.26 bits per heavy atom. The van der Waals surface area contributed by atoms with Crippen LogP contribution in [0.2, 0.25) is 0 Å². The minimum Gasteiger partial charge on any atom is -0.503 e. The number of nitrogens with zero attached hydrogens (tertiary/aromatic N) is 2. The third-order valence-corrected chi connectivity index (χ3v) is 3.83. The molecule has 3 rings (SSSR count). The second kappa shape index (κ2) is 5.72. The lowest BCUT2D eigenvalue weighted by Gasteiger charge is -2.10. The van der Waals surface area contributed by atoms with Crippen molar-refractivity contribution < 1.29 is 19.1 Å². The van der Waals surface area contributed by atoms with E-state index in [-0.39, 0.29) is 23.7 Å². The van der Waals surface area contributed by atoms with E-state index in [0.717, 1.165) is 5.56 Å². The van der Waals surface area contributed by atoms with Crippen LogP contribution in [-0.4, -0.2) is 39.9 Å². The van der Waals surface area contributed by atoms with Crippen molar-refractivity contribution in [1.82, 2.24) is 9.47 Å². The standard InChI is InChI=1S/C17H15FN2O3/c1-19-10-13(16(22)17(19)23)15(21)14-3-2-8-20(14)9-11-4-6-12(18)7-5-11/h2-8,22H,9-10H2,1H3. The molecule has 1 N–H and O–H groups in total. The Hall–Kier alpha value is -2.89. The van der Waals surface area contributed by atoms with Crippen molar-refractivity contribution in [2.45, 2.75) is 6.54 Å². The number of likely N-dealkylation sites (N-methyl/N-ethyl adjacent to an activating group) is 1. The number of hydrogen-bond donors (Lipinski definition) is 1. The Kier molecular flexibility index (Phi) is 3.73. The van der Waals surface area contributed by atoms with E-state index in [1.807, 2.05) is 0 Å². The lowest BCUT2D eigenvalue weighted by molar-refractivity contribution is -0.126. The van der Waals surface area contributed by atoms with E-state index in [1.165, 1.54) is 24.1 Å². The molecule has 0 bridgehead atoms. The van der Waals surface area contributed by atoms with Crippen LogP contribution in [0.3, 0.4) is 0 Å². The van der Waals surface area contributed by atoms with Gasteiger partial charge in [0, 0.05) is 19.8 Å². The minimum atomic E-state index is -0.551. The first-order valence-corrected chi connectivity index (χ1v) is 7.09. The fourth-order valence-electron chi connectivity index (χ4n) is 2.57. The zero-order valence-corrected chi connectivity index (χ0v) is 12.5. The largest absolute Gasteiger partial charge is 0.503 e. The van der Waals surface area contributed by atoms with Crippen LogP contribution in [0.1, 0.15) is 16.1 Å². The van der Waals surface area contributed by atoms with Crippen molar-refractivity contribution in [3.63, 3.8) is 0 Å². The van der Waals surface area contributed by atoms with Gasteiger partial charge in [-0.15, -0.1) is 0 Å². The average molecular weight is 314 g/mol. The van der Waals surface area contributed by atoms with Gasteiger partial charge in [0.2, 0.25) is 5.78 Å². The number of aliphatic hydroxyl groups is 1. The Balaban J connectivity index is 1.88. The third-order valence-electron chi connectivity index (χ3n) is 3.83. The molecular weight excluding hydrogens is 299 g/mol. The third kappa shape index (κ3) is 2.75. The van der Waals surface area contributed by atoms with Crippen LogP contribution in [0.5, 0.6) is 0 Å². The summed E-state index contributed by atoms with van der Waals surface area (Å²) in [5.41, 5.74) is 1.31. The summed E-state index contributed by atoms with van der Waals surface area (Å²) < 4.78 is 14.7. The average Bonchev–Trinajstić information content (AvgIpc) is 3.09. The summed E-state index contributed by atoms with van der Waals surface area (Å²) in [6.45, 7) is 0.484. The zero-order valence-electron chi connectivity index (χ0n) is 12.5. The summed E-state index contributed by atoms with van der Waals surface area (Å²) >= 11 is 0. The quantitative estimate of drug-likeness (QED) is 0.880. The van der Waals surface area contributed by atoms with Crippen LogP contribution >= 0.6 is 0 Å². The lowest BCUT2D eigenvalue weighted by Crippen LogP contribution is -2.22. The fourth-order valence-corrected chi connectivity index (χ4v) is 2.57. The maximum atomic E-state index is 13.0. The van der Waals surface area contributed by atoms with Gasteiger partial charge in [-0.1, -0.05) is 12.1 Å². The van der Waals surface area contributed by atoms with Crippen molar-refractivity contribution in [1.29, 1.82) is 0 Å². The first-order valence-electron chi connectivity index (χ1n) is 7.09. The summed E-state index contributed by atoms with van der Waals surface area (Å²) in [5.74, 6) is -1.75. The predicted octanol–water partition coefficient (Wildman–Crippen LogP) is 2.14. The number of aliphatic hydroxyl groups excluding tert-OH is 1. The lowest BCUT2D eigenvalue weighted by atomic mass is 10.1. The van der Waals surface area contributed by atoms with Gasteiger partial charge in [-0.05, 0) is 29.8 Å². The van der Waals surface area contributed by atoms with E-state index in [9.17, 15) is 19.1 Å². The number of benzene rings is 1. The van der Waals surface area contributed by atoms with E-state index < -0.39 is 11.7 Å². The van der Waals surface area contributed by atoms with Gasteiger partial charge in [-0.25, -0.2) is 4.39 Å². The molecule has 118 valence electrons. The smallest absolute Gasteiger partial charge is 0.289 e. The van der Waals surface area contributed by atoms with E-state index in [1.54, 1.807) is 35.0 Å². The molecular formula is C17H15FN2O3. The summed E-state index contributed by atoms with van der Waals surface area (Å²) in [5, 5.41) is 9.82. The first kappa shape index (κ1) is 15.0.